The summed E-state index contributed by atoms with van der Waals surface area (Å²) in [6, 6.07) is 13.0. The molecule has 0 aromatic heterocycles. The first kappa shape index (κ1) is 18.5. The molecule has 1 heterocycles. The van der Waals surface area contributed by atoms with Gasteiger partial charge in [0.05, 0.1) is 16.1 Å². The number of thioether (sulfide) groups is 1. The first-order chi connectivity index (χ1) is 12.4. The smallest absolute Gasteiger partial charge is 0.338 e. The Morgan fingerprint density at radius 3 is 2.50 bits per heavy atom. The number of hydrogen-bond acceptors (Lipinski definition) is 6. The zero-order valence-electron chi connectivity index (χ0n) is 14.0. The van der Waals surface area contributed by atoms with Crippen LogP contribution in [0.4, 0.5) is 5.69 Å². The van der Waals surface area contributed by atoms with Crippen LogP contribution in [-0.4, -0.2) is 45.5 Å². The van der Waals surface area contributed by atoms with E-state index in [0.29, 0.717) is 6.54 Å². The van der Waals surface area contributed by atoms with Crippen LogP contribution in [0.5, 0.6) is 0 Å². The van der Waals surface area contributed by atoms with Crippen LogP contribution in [0.15, 0.2) is 58.3 Å². The van der Waals surface area contributed by atoms with Crippen molar-refractivity contribution in [3.8, 4) is 0 Å². The second-order valence-electron chi connectivity index (χ2n) is 5.73. The van der Waals surface area contributed by atoms with Crippen LogP contribution in [0.25, 0.3) is 0 Å². The molecule has 0 fully saturated rings. The van der Waals surface area contributed by atoms with Gasteiger partial charge in [-0.3, -0.25) is 4.79 Å². The molecule has 6 nitrogen and oxygen atoms in total. The number of nitrogens with zero attached hydrogens (tertiary/aromatic N) is 1. The van der Waals surface area contributed by atoms with Crippen molar-refractivity contribution in [3.05, 3.63) is 54.1 Å². The highest BCUT2D eigenvalue weighted by molar-refractivity contribution is 7.99. The summed E-state index contributed by atoms with van der Waals surface area (Å²) >= 11 is 1.68. The van der Waals surface area contributed by atoms with Crippen LogP contribution in [0.2, 0.25) is 0 Å². The van der Waals surface area contributed by atoms with E-state index in [1.165, 1.54) is 24.3 Å². The monoisotopic (exact) mass is 391 g/mol. The fourth-order valence-corrected chi connectivity index (χ4v) is 4.18. The number of fused-ring (bicyclic) bond motifs is 1. The molecule has 2 aromatic carbocycles. The van der Waals surface area contributed by atoms with E-state index in [1.807, 2.05) is 24.3 Å². The van der Waals surface area contributed by atoms with Gasteiger partial charge in [-0.05, 0) is 36.4 Å². The van der Waals surface area contributed by atoms with E-state index in [2.05, 4.69) is 0 Å². The molecular formula is C18H17NO5S2. The second-order valence-corrected chi connectivity index (χ2v) is 8.89. The van der Waals surface area contributed by atoms with Crippen molar-refractivity contribution in [2.24, 2.45) is 0 Å². The lowest BCUT2D eigenvalue weighted by atomic mass is 10.2. The van der Waals surface area contributed by atoms with Gasteiger partial charge >= 0.3 is 5.97 Å². The van der Waals surface area contributed by atoms with Crippen molar-refractivity contribution in [3.63, 3.8) is 0 Å². The number of para-hydroxylation sites is 1. The van der Waals surface area contributed by atoms with E-state index in [4.69, 9.17) is 4.74 Å². The summed E-state index contributed by atoms with van der Waals surface area (Å²) in [6.45, 7) is 0.187. The Balaban J connectivity index is 1.64. The van der Waals surface area contributed by atoms with Crippen LogP contribution in [-0.2, 0) is 19.4 Å². The lowest BCUT2D eigenvalue weighted by molar-refractivity contribution is -0.121. The molecule has 0 unspecified atom stereocenters. The van der Waals surface area contributed by atoms with Gasteiger partial charge in [0.25, 0.3) is 5.91 Å². The maximum absolute atomic E-state index is 12.4. The summed E-state index contributed by atoms with van der Waals surface area (Å²) in [5.74, 6) is -0.180. The minimum atomic E-state index is -3.33. The van der Waals surface area contributed by atoms with E-state index in [1.54, 1.807) is 16.7 Å². The number of anilines is 1. The van der Waals surface area contributed by atoms with E-state index in [0.717, 1.165) is 22.6 Å². The van der Waals surface area contributed by atoms with Crippen LogP contribution in [0.1, 0.15) is 10.4 Å². The van der Waals surface area contributed by atoms with E-state index < -0.39 is 15.8 Å². The molecule has 2 aromatic rings. The summed E-state index contributed by atoms with van der Waals surface area (Å²) in [7, 11) is -3.33. The lowest BCUT2D eigenvalue weighted by Gasteiger charge is -2.28. The van der Waals surface area contributed by atoms with Crippen LogP contribution in [0.3, 0.4) is 0 Å². The fraction of sp³-hybridized carbons (Fsp3) is 0.222. The molecule has 1 aliphatic rings. The molecule has 1 amide bonds. The average Bonchev–Trinajstić information content (AvgIpc) is 2.64. The molecule has 0 saturated carbocycles. The van der Waals surface area contributed by atoms with Crippen LogP contribution >= 0.6 is 11.8 Å². The van der Waals surface area contributed by atoms with Crippen LogP contribution in [0, 0.1) is 0 Å². The summed E-state index contributed by atoms with van der Waals surface area (Å²) in [5.41, 5.74) is 1.02. The highest BCUT2D eigenvalue weighted by Gasteiger charge is 2.23. The van der Waals surface area contributed by atoms with Gasteiger partial charge in [-0.2, -0.15) is 0 Å². The fourth-order valence-electron chi connectivity index (χ4n) is 2.56. The molecule has 0 atom stereocenters. The van der Waals surface area contributed by atoms with Crippen molar-refractivity contribution in [2.45, 2.75) is 9.79 Å². The van der Waals surface area contributed by atoms with Crippen molar-refractivity contribution in [1.82, 2.24) is 0 Å². The Hall–Kier alpha value is -2.32. The number of carbonyl (C=O) groups excluding carboxylic acids is 2. The number of ether oxygens (including phenoxy) is 1. The maximum atomic E-state index is 12.4. The first-order valence-electron chi connectivity index (χ1n) is 7.86. The number of hydrogen-bond donors (Lipinski definition) is 0. The Morgan fingerprint density at radius 2 is 1.81 bits per heavy atom. The Labute approximate surface area is 156 Å². The number of benzene rings is 2. The van der Waals surface area contributed by atoms with Crippen molar-refractivity contribution < 1.29 is 22.7 Å². The summed E-state index contributed by atoms with van der Waals surface area (Å²) in [4.78, 5) is 27.3. The van der Waals surface area contributed by atoms with Crippen molar-refractivity contribution >= 4 is 39.2 Å². The Kier molecular flexibility index (Phi) is 5.33. The predicted molar refractivity (Wildman–Crippen MR) is 99.4 cm³/mol. The van der Waals surface area contributed by atoms with Gasteiger partial charge in [0.1, 0.15) is 0 Å². The molecular weight excluding hydrogens is 374 g/mol. The first-order valence-corrected chi connectivity index (χ1v) is 10.7. The normalized spacial score (nSPS) is 13.8. The molecule has 0 aliphatic carbocycles. The highest BCUT2D eigenvalue weighted by atomic mass is 32.2. The van der Waals surface area contributed by atoms with Gasteiger partial charge in [0.15, 0.2) is 16.4 Å². The quantitative estimate of drug-likeness (QED) is 0.745. The van der Waals surface area contributed by atoms with Gasteiger partial charge in [0, 0.05) is 23.4 Å². The Morgan fingerprint density at radius 1 is 1.12 bits per heavy atom. The third-order valence-corrected chi connectivity index (χ3v) is 6.05. The highest BCUT2D eigenvalue weighted by Crippen LogP contribution is 2.34. The van der Waals surface area contributed by atoms with E-state index in [9.17, 15) is 18.0 Å². The molecule has 3 rings (SSSR count). The standard InChI is InChI=1S/C18H17NO5S2/c1-26(22,23)14-8-6-13(7-9-14)18(21)24-12-17(20)19-10-11-25-16-5-3-2-4-15(16)19/h2-9H,10-12H2,1H3. The SMILES string of the molecule is CS(=O)(=O)c1ccc(C(=O)OCC(=O)N2CCSc3ccccc32)cc1. The minimum Gasteiger partial charge on any atom is -0.452 e. The predicted octanol–water partition coefficient (Wildman–Crippen LogP) is 2.39. The van der Waals surface area contributed by atoms with Crippen molar-refractivity contribution in [1.29, 1.82) is 0 Å². The molecule has 0 bridgehead atoms. The van der Waals surface area contributed by atoms with Gasteiger partial charge in [0.2, 0.25) is 0 Å². The summed E-state index contributed by atoms with van der Waals surface area (Å²) in [6.07, 6.45) is 1.09. The molecule has 0 spiro atoms. The molecule has 26 heavy (non-hydrogen) atoms. The van der Waals surface area contributed by atoms with Gasteiger partial charge in [-0.1, -0.05) is 12.1 Å². The zero-order valence-corrected chi connectivity index (χ0v) is 15.7. The third kappa shape index (κ3) is 4.08. The number of sulfone groups is 1. The van der Waals surface area contributed by atoms with Gasteiger partial charge in [-0.15, -0.1) is 11.8 Å². The maximum Gasteiger partial charge on any atom is 0.338 e. The van der Waals surface area contributed by atoms with E-state index in [-0.39, 0.29) is 23.0 Å². The molecule has 0 radical (unpaired) electrons. The number of amides is 1. The van der Waals surface area contributed by atoms with E-state index >= 15 is 0 Å². The molecule has 8 heteroatoms. The molecule has 0 saturated heterocycles. The summed E-state index contributed by atoms with van der Waals surface area (Å²) in [5, 5.41) is 0. The molecule has 0 N–H and O–H groups in total. The second kappa shape index (κ2) is 7.51. The number of rotatable bonds is 4. The zero-order chi connectivity index (χ0) is 18.7. The summed E-state index contributed by atoms with van der Waals surface area (Å²) < 4.78 is 28.0. The largest absolute Gasteiger partial charge is 0.452 e. The molecule has 1 aliphatic heterocycles. The van der Waals surface area contributed by atoms with Gasteiger partial charge in [-0.25, -0.2) is 13.2 Å². The lowest BCUT2D eigenvalue weighted by Crippen LogP contribution is -2.38. The number of carbonyl (C=O) groups is 2. The topological polar surface area (TPSA) is 80.7 Å². The van der Waals surface area contributed by atoms with Crippen LogP contribution < -0.4 is 4.90 Å². The van der Waals surface area contributed by atoms with Crippen molar-refractivity contribution in [2.75, 3.05) is 30.1 Å². The Bertz CT molecular complexity index is 938. The minimum absolute atomic E-state index is 0.118. The van der Waals surface area contributed by atoms with Gasteiger partial charge < -0.3 is 9.64 Å². The number of esters is 1. The average molecular weight is 391 g/mol. The molecule has 136 valence electrons. The third-order valence-electron chi connectivity index (χ3n) is 3.87.